The van der Waals surface area contributed by atoms with E-state index in [2.05, 4.69) is 0 Å². The van der Waals surface area contributed by atoms with E-state index in [1.807, 2.05) is 0 Å². The molecule has 1 aliphatic rings. The molecule has 48 heavy (non-hydrogen) atoms. The predicted molar refractivity (Wildman–Crippen MR) is 183 cm³/mol. The van der Waals surface area contributed by atoms with Crippen LogP contribution in [0, 0.1) is 5.92 Å². The van der Waals surface area contributed by atoms with Crippen LogP contribution in [-0.4, -0.2) is 60.9 Å². The highest BCUT2D eigenvalue weighted by Crippen LogP contribution is 2.31. The monoisotopic (exact) mass is 664 g/mol. The predicted octanol–water partition coefficient (Wildman–Crippen LogP) is 2.95. The second kappa shape index (κ2) is 19.6. The van der Waals surface area contributed by atoms with Crippen molar-refractivity contribution in [2.24, 2.45) is 28.9 Å². The van der Waals surface area contributed by atoms with E-state index < -0.39 is 36.5 Å². The molecule has 0 spiro atoms. The Bertz CT molecular complexity index is 1490. The van der Waals surface area contributed by atoms with Crippen molar-refractivity contribution in [2.75, 3.05) is 20.2 Å². The number of allylic oxidation sites excluding steroid dienone is 2. The number of hydrogen-bond donors (Lipinski definition) is 5. The molecule has 0 amide bonds. The van der Waals surface area contributed by atoms with Crippen LogP contribution in [0.3, 0.4) is 0 Å². The number of aliphatic hydroxyl groups excluding tert-OH is 1. The molecule has 2 aromatic carbocycles. The first-order valence-corrected chi connectivity index (χ1v) is 16.3. The van der Waals surface area contributed by atoms with E-state index in [1.165, 1.54) is 13.2 Å². The third kappa shape index (κ3) is 11.2. The van der Waals surface area contributed by atoms with Crippen molar-refractivity contribution in [3.63, 3.8) is 0 Å². The molecule has 1 aliphatic carbocycles. The van der Waals surface area contributed by atoms with Gasteiger partial charge in [0, 0.05) is 5.56 Å². The van der Waals surface area contributed by atoms with Crippen LogP contribution in [0.25, 0.3) is 12.2 Å². The fraction of sp³-hybridized carbons (Fsp3) is 0.444. The van der Waals surface area contributed by atoms with Crippen molar-refractivity contribution < 1.29 is 38.5 Å². The lowest BCUT2D eigenvalue weighted by Gasteiger charge is -2.21. The lowest BCUT2D eigenvalue weighted by Crippen LogP contribution is -2.34. The fourth-order valence-electron chi connectivity index (χ4n) is 5.29. The number of rotatable bonds is 18. The Morgan fingerprint density at radius 3 is 2.08 bits per heavy atom. The Hall–Kier alpha value is -4.20. The van der Waals surface area contributed by atoms with Crippen LogP contribution in [-0.2, 0) is 25.8 Å². The highest BCUT2D eigenvalue weighted by atomic mass is 16.6. The van der Waals surface area contributed by atoms with Gasteiger partial charge in [0.2, 0.25) is 0 Å². The number of esters is 2. The molecule has 0 radical (unpaired) electrons. The Labute approximate surface area is 281 Å². The van der Waals surface area contributed by atoms with Gasteiger partial charge in [-0.1, -0.05) is 31.1 Å². The minimum absolute atomic E-state index is 0.191. The summed E-state index contributed by atoms with van der Waals surface area (Å²) in [4.78, 5) is 51.4. The summed E-state index contributed by atoms with van der Waals surface area (Å²) in [5.74, 6) is -1.91. The molecule has 12 heteroatoms. The largest absolute Gasteiger partial charge is 0.493 e. The first-order valence-electron chi connectivity index (χ1n) is 16.3. The molecule has 2 aromatic rings. The first kappa shape index (κ1) is 38.2. The zero-order chi connectivity index (χ0) is 35.1. The molecule has 260 valence electrons. The fourth-order valence-corrected chi connectivity index (χ4v) is 5.29. The quantitative estimate of drug-likeness (QED) is 0.0510. The average molecular weight is 665 g/mol. The van der Waals surface area contributed by atoms with Crippen LogP contribution in [0.1, 0.15) is 74.5 Å². The number of ether oxygens (including phenoxy) is 3. The minimum Gasteiger partial charge on any atom is -0.493 e. The maximum absolute atomic E-state index is 13.4. The normalized spacial score (nSPS) is 16.9. The van der Waals surface area contributed by atoms with Crippen LogP contribution in [0.15, 0.2) is 48.0 Å². The molecular weight excluding hydrogens is 616 g/mol. The molecule has 3 unspecified atom stereocenters. The van der Waals surface area contributed by atoms with E-state index in [4.69, 9.17) is 37.1 Å². The lowest BCUT2D eigenvalue weighted by molar-refractivity contribution is -0.137. The third-order valence-electron chi connectivity index (χ3n) is 8.10. The highest BCUT2D eigenvalue weighted by Gasteiger charge is 2.31. The summed E-state index contributed by atoms with van der Waals surface area (Å²) in [6, 6.07) is 8.13. The number of benzene rings is 2. The van der Waals surface area contributed by atoms with E-state index in [0.29, 0.717) is 86.0 Å². The zero-order valence-electron chi connectivity index (χ0n) is 27.5. The average Bonchev–Trinajstić information content (AvgIpc) is 3.09. The van der Waals surface area contributed by atoms with E-state index in [-0.39, 0.29) is 23.1 Å². The molecule has 0 aliphatic heterocycles. The number of nitrogens with two attached hydrogens (primary N) is 4. The summed E-state index contributed by atoms with van der Waals surface area (Å²) in [5.41, 5.74) is 25.0. The van der Waals surface area contributed by atoms with E-state index in [9.17, 15) is 24.3 Å². The zero-order valence-corrected chi connectivity index (χ0v) is 27.5. The van der Waals surface area contributed by atoms with Crippen molar-refractivity contribution in [1.29, 1.82) is 0 Å². The second-order valence-electron chi connectivity index (χ2n) is 11.8. The van der Waals surface area contributed by atoms with Crippen LogP contribution < -0.4 is 37.1 Å². The van der Waals surface area contributed by atoms with Crippen molar-refractivity contribution in [1.82, 2.24) is 0 Å². The number of methoxy groups -OCH3 is 1. The number of ketones is 2. The van der Waals surface area contributed by atoms with Crippen LogP contribution in [0.2, 0.25) is 0 Å². The summed E-state index contributed by atoms with van der Waals surface area (Å²) < 4.78 is 16.3. The van der Waals surface area contributed by atoms with Gasteiger partial charge in [-0.3, -0.25) is 9.59 Å². The number of aliphatic hydroxyl groups is 1. The molecule has 0 heterocycles. The molecule has 3 atom stereocenters. The number of Topliss-reactive ketones (excluding diaryl/α,β-unsaturated/α-hetero) is 1. The number of carbonyl (C=O) groups is 4. The highest BCUT2D eigenvalue weighted by molar-refractivity contribution is 6.16. The summed E-state index contributed by atoms with van der Waals surface area (Å²) in [6.45, 7) is 0.647. The smallest absolute Gasteiger partial charge is 0.328 e. The Morgan fingerprint density at radius 2 is 1.48 bits per heavy atom. The van der Waals surface area contributed by atoms with Crippen LogP contribution in [0.5, 0.6) is 17.2 Å². The molecule has 0 aromatic heterocycles. The maximum atomic E-state index is 13.4. The van der Waals surface area contributed by atoms with Crippen LogP contribution >= 0.6 is 0 Å². The van der Waals surface area contributed by atoms with Gasteiger partial charge in [-0.15, -0.1) is 0 Å². The van der Waals surface area contributed by atoms with Gasteiger partial charge in [0.1, 0.15) is 17.8 Å². The maximum Gasteiger partial charge on any atom is 0.328 e. The lowest BCUT2D eigenvalue weighted by atomic mass is 9.81. The molecule has 3 rings (SSSR count). The Kier molecular flexibility index (Phi) is 15.6. The first-order chi connectivity index (χ1) is 23.1. The van der Waals surface area contributed by atoms with Crippen molar-refractivity contribution >= 4 is 35.7 Å². The topological polar surface area (TPSA) is 220 Å². The van der Waals surface area contributed by atoms with Crippen molar-refractivity contribution in [2.45, 2.75) is 76.5 Å². The minimum atomic E-state index is -0.831. The van der Waals surface area contributed by atoms with Crippen LogP contribution in [0.4, 0.5) is 0 Å². The van der Waals surface area contributed by atoms with E-state index >= 15 is 0 Å². The van der Waals surface area contributed by atoms with Gasteiger partial charge in [-0.25, -0.2) is 9.59 Å². The summed E-state index contributed by atoms with van der Waals surface area (Å²) in [7, 11) is 1.44. The molecule has 1 fully saturated rings. The Balaban J connectivity index is 1.66. The van der Waals surface area contributed by atoms with E-state index in [1.54, 1.807) is 48.6 Å². The van der Waals surface area contributed by atoms with Gasteiger partial charge in [0.05, 0.1) is 19.6 Å². The third-order valence-corrected chi connectivity index (χ3v) is 8.10. The second-order valence-corrected chi connectivity index (χ2v) is 11.8. The SMILES string of the molecule is COc1cc(C=CC(=O)C2CCCC(=Cc3ccc(OC(=O)C(N)CCCCN)c(CO)c3)C2=O)ccc1OC(=O)C(N)CCCCN. The van der Waals surface area contributed by atoms with E-state index in [0.717, 1.165) is 12.8 Å². The molecule has 12 nitrogen and oxygen atoms in total. The van der Waals surface area contributed by atoms with Gasteiger partial charge in [0.15, 0.2) is 23.1 Å². The van der Waals surface area contributed by atoms with Gasteiger partial charge in [0.25, 0.3) is 0 Å². The van der Waals surface area contributed by atoms with Gasteiger partial charge >= 0.3 is 11.9 Å². The standard InChI is InChI=1S/C36H48N4O8/c1-46-33-21-23(12-16-32(33)48-36(45)29(40)10-3-5-18-38)11-14-30(42)27-8-6-7-25(34(27)43)19-24-13-15-31(26(20-24)22-41)47-35(44)28(39)9-2-4-17-37/h11-16,19-21,27-29,41H,2-10,17-18,22,37-40H2,1H3. The number of hydrogen-bond acceptors (Lipinski definition) is 12. The van der Waals surface area contributed by atoms with Gasteiger partial charge in [-0.2, -0.15) is 0 Å². The molecular formula is C36H48N4O8. The number of carbonyl (C=O) groups excluding carboxylic acids is 4. The van der Waals surface area contributed by atoms with Crippen molar-refractivity contribution in [3.05, 3.63) is 64.7 Å². The molecule has 1 saturated carbocycles. The van der Waals surface area contributed by atoms with Gasteiger partial charge < -0.3 is 42.3 Å². The molecule has 9 N–H and O–H groups in total. The van der Waals surface area contributed by atoms with Crippen molar-refractivity contribution in [3.8, 4) is 17.2 Å². The molecule has 0 bridgehead atoms. The summed E-state index contributed by atoms with van der Waals surface area (Å²) >= 11 is 0. The van der Waals surface area contributed by atoms with Gasteiger partial charge in [-0.05, 0) is 111 Å². The number of unbranched alkanes of at least 4 members (excludes halogenated alkanes) is 2. The Morgan fingerprint density at radius 1 is 0.875 bits per heavy atom. The molecule has 0 saturated heterocycles. The summed E-state index contributed by atoms with van der Waals surface area (Å²) in [5, 5.41) is 9.92. The summed E-state index contributed by atoms with van der Waals surface area (Å²) in [6.07, 6.45) is 10.0.